The zero-order valence-electron chi connectivity index (χ0n) is 12.7. The van der Waals surface area contributed by atoms with Gasteiger partial charge in [-0.3, -0.25) is 0 Å². The fraction of sp³-hybridized carbons (Fsp3) is 0.533. The normalized spacial score (nSPS) is 11.1. The Hall–Kier alpha value is -1.75. The molecule has 0 heterocycles. The Kier molecular flexibility index (Phi) is 5.82. The van der Waals surface area contributed by atoms with E-state index in [0.717, 1.165) is 12.0 Å². The first-order valence-electron chi connectivity index (χ1n) is 6.84. The average Bonchev–Trinajstić information content (AvgIpc) is 2.30. The molecule has 0 aliphatic carbocycles. The van der Waals surface area contributed by atoms with Crippen molar-refractivity contribution in [1.82, 2.24) is 5.32 Å². The Labute approximate surface area is 120 Å². The number of hydrogen-bond donors (Lipinski definition) is 3. The van der Waals surface area contributed by atoms with Gasteiger partial charge in [-0.1, -0.05) is 6.07 Å². The van der Waals surface area contributed by atoms with Gasteiger partial charge in [-0.05, 0) is 58.4 Å². The summed E-state index contributed by atoms with van der Waals surface area (Å²) in [6.07, 6.45) is 0.779. The van der Waals surface area contributed by atoms with Crippen LogP contribution in [0.3, 0.4) is 0 Å². The molecular weight excluding hydrogens is 254 g/mol. The second-order valence-corrected chi connectivity index (χ2v) is 5.82. The minimum Gasteiger partial charge on any atom is -0.491 e. The largest absolute Gasteiger partial charge is 0.491 e. The summed E-state index contributed by atoms with van der Waals surface area (Å²) in [5, 5.41) is 5.67. The molecule has 5 heteroatoms. The minimum absolute atomic E-state index is 0.245. The van der Waals surface area contributed by atoms with E-state index in [0.29, 0.717) is 24.6 Å². The van der Waals surface area contributed by atoms with E-state index in [1.54, 1.807) is 0 Å². The van der Waals surface area contributed by atoms with Crippen molar-refractivity contribution >= 4 is 11.7 Å². The van der Waals surface area contributed by atoms with Crippen molar-refractivity contribution in [3.63, 3.8) is 0 Å². The number of aryl methyl sites for hydroxylation is 1. The Morgan fingerprint density at radius 2 is 2.05 bits per heavy atom. The third-order valence-electron chi connectivity index (χ3n) is 2.48. The predicted molar refractivity (Wildman–Crippen MR) is 82.3 cm³/mol. The molecule has 0 aromatic heterocycles. The highest BCUT2D eigenvalue weighted by atomic mass is 16.5. The molecule has 0 saturated carbocycles. The van der Waals surface area contributed by atoms with Crippen LogP contribution >= 0.6 is 0 Å². The van der Waals surface area contributed by atoms with Gasteiger partial charge in [0.2, 0.25) is 0 Å². The zero-order chi connectivity index (χ0) is 15.2. The summed E-state index contributed by atoms with van der Waals surface area (Å²) in [7, 11) is 0. The molecule has 112 valence electrons. The molecule has 5 nitrogen and oxygen atoms in total. The van der Waals surface area contributed by atoms with Crippen molar-refractivity contribution in [3.8, 4) is 5.75 Å². The second kappa shape index (κ2) is 7.14. The molecule has 20 heavy (non-hydrogen) atoms. The Balaban J connectivity index is 2.75. The van der Waals surface area contributed by atoms with Gasteiger partial charge in [0.05, 0.1) is 12.3 Å². The van der Waals surface area contributed by atoms with Gasteiger partial charge in [-0.2, -0.15) is 0 Å². The molecule has 1 aromatic rings. The molecule has 0 fully saturated rings. The van der Waals surface area contributed by atoms with Crippen molar-refractivity contribution in [2.75, 3.05) is 18.5 Å². The standard InChI is InChI=1S/C15H25N3O2/c1-11-6-7-12(13(10-11)20-9-5-8-16)17-14(19)18-15(2,3)4/h6-7,10H,5,8-9,16H2,1-4H3,(H2,17,18,19). The first kappa shape index (κ1) is 16.3. The van der Waals surface area contributed by atoms with Gasteiger partial charge in [0.1, 0.15) is 5.75 Å². The molecule has 0 saturated heterocycles. The number of benzene rings is 1. The van der Waals surface area contributed by atoms with E-state index in [4.69, 9.17) is 10.5 Å². The number of hydrogen-bond acceptors (Lipinski definition) is 3. The van der Waals surface area contributed by atoms with E-state index in [2.05, 4.69) is 10.6 Å². The summed E-state index contributed by atoms with van der Waals surface area (Å²) in [5.74, 6) is 0.669. The van der Waals surface area contributed by atoms with Crippen LogP contribution in [0.15, 0.2) is 18.2 Å². The highest BCUT2D eigenvalue weighted by Gasteiger charge is 2.15. The molecule has 1 rings (SSSR count). The molecule has 1 aromatic carbocycles. The smallest absolute Gasteiger partial charge is 0.319 e. The first-order valence-corrected chi connectivity index (χ1v) is 6.84. The minimum atomic E-state index is -0.282. The molecule has 0 spiro atoms. The van der Waals surface area contributed by atoms with E-state index in [-0.39, 0.29) is 11.6 Å². The number of nitrogens with two attached hydrogens (primary N) is 1. The van der Waals surface area contributed by atoms with Crippen LogP contribution in [0.4, 0.5) is 10.5 Å². The maximum absolute atomic E-state index is 11.9. The summed E-state index contributed by atoms with van der Waals surface area (Å²) in [6.45, 7) is 8.89. The van der Waals surface area contributed by atoms with Crippen LogP contribution in [0, 0.1) is 6.92 Å². The van der Waals surface area contributed by atoms with Crippen LogP contribution in [0.2, 0.25) is 0 Å². The van der Waals surface area contributed by atoms with E-state index < -0.39 is 0 Å². The molecule has 0 aliphatic rings. The number of carbonyl (C=O) groups excluding carboxylic acids is 1. The fourth-order valence-corrected chi connectivity index (χ4v) is 1.61. The van der Waals surface area contributed by atoms with Crippen LogP contribution in [-0.2, 0) is 0 Å². The third kappa shape index (κ3) is 5.93. The number of urea groups is 1. The molecule has 0 aliphatic heterocycles. The SMILES string of the molecule is Cc1ccc(NC(=O)NC(C)(C)C)c(OCCCN)c1. The summed E-state index contributed by atoms with van der Waals surface area (Å²) in [4.78, 5) is 11.9. The second-order valence-electron chi connectivity index (χ2n) is 5.82. The summed E-state index contributed by atoms with van der Waals surface area (Å²) >= 11 is 0. The van der Waals surface area contributed by atoms with Gasteiger partial charge in [0.25, 0.3) is 0 Å². The zero-order valence-corrected chi connectivity index (χ0v) is 12.7. The Bertz CT molecular complexity index is 453. The van der Waals surface area contributed by atoms with Gasteiger partial charge >= 0.3 is 6.03 Å². The Morgan fingerprint density at radius 3 is 2.65 bits per heavy atom. The van der Waals surface area contributed by atoms with Crippen molar-refractivity contribution < 1.29 is 9.53 Å². The first-order chi connectivity index (χ1) is 9.31. The lowest BCUT2D eigenvalue weighted by atomic mass is 10.1. The lowest BCUT2D eigenvalue weighted by molar-refractivity contribution is 0.243. The van der Waals surface area contributed by atoms with E-state index in [9.17, 15) is 4.79 Å². The lowest BCUT2D eigenvalue weighted by Gasteiger charge is -2.21. The third-order valence-corrected chi connectivity index (χ3v) is 2.48. The van der Waals surface area contributed by atoms with Gasteiger partial charge < -0.3 is 21.1 Å². The highest BCUT2D eigenvalue weighted by molar-refractivity contribution is 5.91. The van der Waals surface area contributed by atoms with Gasteiger partial charge in [-0.25, -0.2) is 4.79 Å². The number of ether oxygens (including phenoxy) is 1. The van der Waals surface area contributed by atoms with Crippen LogP contribution in [0.1, 0.15) is 32.8 Å². The maximum Gasteiger partial charge on any atom is 0.319 e. The number of rotatable bonds is 5. The van der Waals surface area contributed by atoms with Gasteiger partial charge in [-0.15, -0.1) is 0 Å². The molecule has 0 radical (unpaired) electrons. The van der Waals surface area contributed by atoms with Crippen LogP contribution in [0.5, 0.6) is 5.75 Å². The molecular formula is C15H25N3O2. The van der Waals surface area contributed by atoms with Crippen molar-refractivity contribution in [2.24, 2.45) is 5.73 Å². The van der Waals surface area contributed by atoms with Gasteiger partial charge in [0, 0.05) is 5.54 Å². The average molecular weight is 279 g/mol. The van der Waals surface area contributed by atoms with E-state index >= 15 is 0 Å². The van der Waals surface area contributed by atoms with Crippen LogP contribution < -0.4 is 21.1 Å². The van der Waals surface area contributed by atoms with Crippen molar-refractivity contribution in [1.29, 1.82) is 0 Å². The summed E-state index contributed by atoms with van der Waals surface area (Å²) < 4.78 is 5.67. The molecule has 0 atom stereocenters. The van der Waals surface area contributed by atoms with E-state index in [1.807, 2.05) is 45.9 Å². The fourth-order valence-electron chi connectivity index (χ4n) is 1.61. The van der Waals surface area contributed by atoms with Crippen LogP contribution in [-0.4, -0.2) is 24.7 Å². The van der Waals surface area contributed by atoms with Crippen molar-refractivity contribution in [2.45, 2.75) is 39.7 Å². The summed E-state index contributed by atoms with van der Waals surface area (Å²) in [5.41, 5.74) is 6.91. The monoisotopic (exact) mass is 279 g/mol. The number of anilines is 1. The molecule has 0 unspecified atom stereocenters. The molecule has 4 N–H and O–H groups in total. The van der Waals surface area contributed by atoms with Gasteiger partial charge in [0.15, 0.2) is 0 Å². The lowest BCUT2D eigenvalue weighted by Crippen LogP contribution is -2.43. The Morgan fingerprint density at radius 1 is 1.35 bits per heavy atom. The highest BCUT2D eigenvalue weighted by Crippen LogP contribution is 2.26. The quantitative estimate of drug-likeness (QED) is 0.725. The number of amides is 2. The molecule has 0 bridgehead atoms. The number of nitrogens with one attached hydrogen (secondary N) is 2. The van der Waals surface area contributed by atoms with E-state index in [1.165, 1.54) is 0 Å². The topological polar surface area (TPSA) is 76.4 Å². The van der Waals surface area contributed by atoms with Crippen molar-refractivity contribution in [3.05, 3.63) is 23.8 Å². The molecule has 2 amide bonds. The predicted octanol–water partition coefficient (Wildman–Crippen LogP) is 2.64. The van der Waals surface area contributed by atoms with Crippen LogP contribution in [0.25, 0.3) is 0 Å². The maximum atomic E-state index is 11.9. The number of carbonyl (C=O) groups is 1. The summed E-state index contributed by atoms with van der Waals surface area (Å²) in [6, 6.07) is 5.44.